The van der Waals surface area contributed by atoms with Gasteiger partial charge in [0.2, 0.25) is 0 Å². The molecule has 0 saturated carbocycles. The minimum Gasteiger partial charge on any atom is -0.464 e. The Labute approximate surface area is 130 Å². The first-order chi connectivity index (χ1) is 10.0. The van der Waals surface area contributed by atoms with Crippen LogP contribution in [0.1, 0.15) is 33.8 Å². The molecular weight excluding hydrogens is 282 g/mol. The largest absolute Gasteiger partial charge is 0.464 e. The van der Waals surface area contributed by atoms with Gasteiger partial charge in [0.15, 0.2) is 6.04 Å². The number of ether oxygens (including phenoxy) is 1. The van der Waals surface area contributed by atoms with E-state index in [1.54, 1.807) is 11.3 Å². The third-order valence-electron chi connectivity index (χ3n) is 3.36. The fourth-order valence-electron chi connectivity index (χ4n) is 2.32. The molecule has 4 heteroatoms. The highest BCUT2D eigenvalue weighted by molar-refractivity contribution is 7.12. The molecule has 0 amide bonds. The summed E-state index contributed by atoms with van der Waals surface area (Å²) in [6.45, 7) is 8.33. The van der Waals surface area contributed by atoms with Crippen LogP contribution < -0.4 is 5.32 Å². The SMILES string of the molecule is CCOC(=O)C(Nc1ccccc1C)c1cc(C)sc1C. The molecule has 2 aromatic rings. The molecule has 1 unspecified atom stereocenters. The number of hydrogen-bond donors (Lipinski definition) is 1. The number of rotatable bonds is 5. The average Bonchev–Trinajstić information content (AvgIpc) is 2.77. The van der Waals surface area contributed by atoms with Crippen molar-refractivity contribution in [2.24, 2.45) is 0 Å². The van der Waals surface area contributed by atoms with E-state index < -0.39 is 6.04 Å². The van der Waals surface area contributed by atoms with Crippen molar-refractivity contribution in [3.05, 3.63) is 51.2 Å². The summed E-state index contributed by atoms with van der Waals surface area (Å²) in [6.07, 6.45) is 0. The van der Waals surface area contributed by atoms with E-state index in [0.29, 0.717) is 6.61 Å². The van der Waals surface area contributed by atoms with Crippen LogP contribution in [0.3, 0.4) is 0 Å². The number of aryl methyl sites for hydroxylation is 3. The molecule has 2 rings (SSSR count). The van der Waals surface area contributed by atoms with Crippen LogP contribution in [-0.4, -0.2) is 12.6 Å². The summed E-state index contributed by atoms with van der Waals surface area (Å²) in [5.74, 6) is -0.235. The molecule has 112 valence electrons. The van der Waals surface area contributed by atoms with Gasteiger partial charge in [0.05, 0.1) is 6.61 Å². The van der Waals surface area contributed by atoms with E-state index in [2.05, 4.69) is 18.3 Å². The third kappa shape index (κ3) is 3.64. The lowest BCUT2D eigenvalue weighted by Gasteiger charge is -2.20. The van der Waals surface area contributed by atoms with Crippen molar-refractivity contribution < 1.29 is 9.53 Å². The maximum Gasteiger partial charge on any atom is 0.333 e. The number of carbonyl (C=O) groups is 1. The molecule has 21 heavy (non-hydrogen) atoms. The molecular formula is C17H21NO2S. The molecule has 0 saturated heterocycles. The standard InChI is InChI=1S/C17H21NO2S/c1-5-20-17(19)16(14-10-12(3)21-13(14)4)18-15-9-7-6-8-11(15)2/h6-10,16,18H,5H2,1-4H3. The van der Waals surface area contributed by atoms with Crippen LogP contribution in [0.25, 0.3) is 0 Å². The number of thiophene rings is 1. The van der Waals surface area contributed by atoms with E-state index in [-0.39, 0.29) is 5.97 Å². The second kappa shape index (κ2) is 6.76. The number of anilines is 1. The first kappa shape index (κ1) is 15.6. The van der Waals surface area contributed by atoms with Crippen molar-refractivity contribution in [2.45, 2.75) is 33.7 Å². The highest BCUT2D eigenvalue weighted by Gasteiger charge is 2.25. The van der Waals surface area contributed by atoms with Gasteiger partial charge in [-0.05, 0) is 51.0 Å². The predicted octanol–water partition coefficient (Wildman–Crippen LogP) is 4.39. The normalized spacial score (nSPS) is 12.0. The van der Waals surface area contributed by atoms with Crippen molar-refractivity contribution in [1.82, 2.24) is 0 Å². The molecule has 0 radical (unpaired) electrons. The van der Waals surface area contributed by atoms with E-state index in [0.717, 1.165) is 21.7 Å². The van der Waals surface area contributed by atoms with Gasteiger partial charge in [-0.15, -0.1) is 11.3 Å². The molecule has 0 aliphatic carbocycles. The number of carbonyl (C=O) groups excluding carboxylic acids is 1. The molecule has 1 atom stereocenters. The first-order valence-corrected chi connectivity index (χ1v) is 7.90. The van der Waals surface area contributed by atoms with Crippen molar-refractivity contribution >= 4 is 23.0 Å². The number of benzene rings is 1. The van der Waals surface area contributed by atoms with Crippen molar-refractivity contribution in [3.8, 4) is 0 Å². The summed E-state index contributed by atoms with van der Waals surface area (Å²) >= 11 is 1.70. The molecule has 0 bridgehead atoms. The van der Waals surface area contributed by atoms with Crippen LogP contribution in [0.5, 0.6) is 0 Å². The predicted molar refractivity (Wildman–Crippen MR) is 88.0 cm³/mol. The van der Waals surface area contributed by atoms with Gasteiger partial charge in [-0.2, -0.15) is 0 Å². The van der Waals surface area contributed by atoms with Gasteiger partial charge in [-0.1, -0.05) is 18.2 Å². The lowest BCUT2D eigenvalue weighted by Crippen LogP contribution is -2.24. The van der Waals surface area contributed by atoms with Gasteiger partial charge >= 0.3 is 5.97 Å². The highest BCUT2D eigenvalue weighted by atomic mass is 32.1. The van der Waals surface area contributed by atoms with Crippen molar-refractivity contribution in [3.63, 3.8) is 0 Å². The molecule has 3 nitrogen and oxygen atoms in total. The van der Waals surface area contributed by atoms with E-state index >= 15 is 0 Å². The summed E-state index contributed by atoms with van der Waals surface area (Å²) in [6, 6.07) is 9.55. The molecule has 0 aliphatic rings. The van der Waals surface area contributed by atoms with E-state index in [1.807, 2.05) is 45.0 Å². The minimum absolute atomic E-state index is 0.235. The zero-order chi connectivity index (χ0) is 15.4. The summed E-state index contributed by atoms with van der Waals surface area (Å²) in [4.78, 5) is 14.7. The molecule has 1 aromatic carbocycles. The maximum atomic E-state index is 12.3. The summed E-state index contributed by atoms with van der Waals surface area (Å²) in [7, 11) is 0. The Morgan fingerprint density at radius 2 is 2.00 bits per heavy atom. The zero-order valence-electron chi connectivity index (χ0n) is 12.9. The van der Waals surface area contributed by atoms with Gasteiger partial charge in [0.25, 0.3) is 0 Å². The van der Waals surface area contributed by atoms with E-state index in [9.17, 15) is 4.79 Å². The number of hydrogen-bond acceptors (Lipinski definition) is 4. The topological polar surface area (TPSA) is 38.3 Å². The van der Waals surface area contributed by atoms with E-state index in [4.69, 9.17) is 4.74 Å². The van der Waals surface area contributed by atoms with Crippen LogP contribution >= 0.6 is 11.3 Å². The Hall–Kier alpha value is -1.81. The van der Waals surface area contributed by atoms with Crippen molar-refractivity contribution in [2.75, 3.05) is 11.9 Å². The number of para-hydroxylation sites is 1. The minimum atomic E-state index is -0.462. The Morgan fingerprint density at radius 1 is 1.29 bits per heavy atom. The van der Waals surface area contributed by atoms with Crippen LogP contribution in [0.4, 0.5) is 5.69 Å². The third-order valence-corrected chi connectivity index (χ3v) is 4.34. The van der Waals surface area contributed by atoms with Gasteiger partial charge < -0.3 is 10.1 Å². The lowest BCUT2D eigenvalue weighted by atomic mass is 10.1. The second-order valence-electron chi connectivity index (χ2n) is 5.01. The maximum absolute atomic E-state index is 12.3. The number of nitrogens with one attached hydrogen (secondary N) is 1. The smallest absolute Gasteiger partial charge is 0.333 e. The molecule has 1 N–H and O–H groups in total. The van der Waals surface area contributed by atoms with Gasteiger partial charge in [-0.3, -0.25) is 0 Å². The molecule has 1 aromatic heterocycles. The monoisotopic (exact) mass is 303 g/mol. The van der Waals surface area contributed by atoms with Gasteiger partial charge in [0.1, 0.15) is 0 Å². The quantitative estimate of drug-likeness (QED) is 0.833. The van der Waals surface area contributed by atoms with Crippen LogP contribution in [0.2, 0.25) is 0 Å². The molecule has 0 aliphatic heterocycles. The summed E-state index contributed by atoms with van der Waals surface area (Å²) in [5.41, 5.74) is 3.06. The number of esters is 1. The van der Waals surface area contributed by atoms with E-state index in [1.165, 1.54) is 4.88 Å². The van der Waals surface area contributed by atoms with Crippen LogP contribution in [0.15, 0.2) is 30.3 Å². The van der Waals surface area contributed by atoms with Crippen LogP contribution in [0, 0.1) is 20.8 Å². The fourth-order valence-corrected chi connectivity index (χ4v) is 3.28. The summed E-state index contributed by atoms with van der Waals surface area (Å²) < 4.78 is 5.24. The van der Waals surface area contributed by atoms with Gasteiger partial charge in [-0.25, -0.2) is 4.79 Å². The first-order valence-electron chi connectivity index (χ1n) is 7.08. The Bertz CT molecular complexity index is 633. The fraction of sp³-hybridized carbons (Fsp3) is 0.353. The Balaban J connectivity index is 2.35. The second-order valence-corrected chi connectivity index (χ2v) is 6.47. The zero-order valence-corrected chi connectivity index (χ0v) is 13.7. The average molecular weight is 303 g/mol. The van der Waals surface area contributed by atoms with Crippen molar-refractivity contribution in [1.29, 1.82) is 0 Å². The Kier molecular flexibility index (Phi) is 5.02. The summed E-state index contributed by atoms with van der Waals surface area (Å²) in [5, 5.41) is 3.33. The van der Waals surface area contributed by atoms with Crippen LogP contribution in [-0.2, 0) is 9.53 Å². The Morgan fingerprint density at radius 3 is 2.57 bits per heavy atom. The van der Waals surface area contributed by atoms with Gasteiger partial charge in [0, 0.05) is 15.4 Å². The lowest BCUT2D eigenvalue weighted by molar-refractivity contribution is -0.144. The molecule has 0 fully saturated rings. The highest BCUT2D eigenvalue weighted by Crippen LogP contribution is 2.30. The molecule has 0 spiro atoms. The molecule has 1 heterocycles.